The van der Waals surface area contributed by atoms with E-state index in [0.29, 0.717) is 6.04 Å². The number of hydrogen-bond donors (Lipinski definition) is 0. The average Bonchev–Trinajstić information content (AvgIpc) is 3.10. The van der Waals surface area contributed by atoms with Crippen LogP contribution in [0.5, 0.6) is 0 Å². The van der Waals surface area contributed by atoms with Crippen molar-refractivity contribution in [2.24, 2.45) is 0 Å². The molecule has 1 aliphatic heterocycles. The van der Waals surface area contributed by atoms with E-state index in [1.165, 1.54) is 5.69 Å². The van der Waals surface area contributed by atoms with Gasteiger partial charge in [-0.2, -0.15) is 5.10 Å². The van der Waals surface area contributed by atoms with Crippen molar-refractivity contribution in [3.8, 4) is 11.3 Å². The van der Waals surface area contributed by atoms with Gasteiger partial charge in [0.15, 0.2) is 5.76 Å². The zero-order chi connectivity index (χ0) is 15.8. The Morgan fingerprint density at radius 3 is 2.61 bits per heavy atom. The summed E-state index contributed by atoms with van der Waals surface area (Å²) in [7, 11) is 0. The number of benzene rings is 1. The number of rotatable bonds is 4. The van der Waals surface area contributed by atoms with E-state index in [9.17, 15) is 0 Å². The molecule has 1 fully saturated rings. The maximum Gasteiger partial charge on any atom is 0.151 e. The first-order valence-electron chi connectivity index (χ1n) is 7.95. The highest BCUT2D eigenvalue weighted by Crippen LogP contribution is 2.26. The highest BCUT2D eigenvalue weighted by molar-refractivity contribution is 5.58. The molecule has 0 N–H and O–H groups in total. The Kier molecular flexibility index (Phi) is 3.50. The summed E-state index contributed by atoms with van der Waals surface area (Å²) in [5.41, 5.74) is 4.31. The van der Waals surface area contributed by atoms with Crippen LogP contribution in [0.3, 0.4) is 0 Å². The van der Waals surface area contributed by atoms with Crippen LogP contribution in [-0.4, -0.2) is 32.9 Å². The summed E-state index contributed by atoms with van der Waals surface area (Å²) in [6, 6.07) is 14.8. The zero-order valence-corrected chi connectivity index (χ0v) is 13.4. The van der Waals surface area contributed by atoms with Crippen LogP contribution in [0, 0.1) is 13.8 Å². The highest BCUT2D eigenvalue weighted by atomic mass is 16.5. The lowest BCUT2D eigenvalue weighted by molar-refractivity contribution is 0.0796. The highest BCUT2D eigenvalue weighted by Gasteiger charge is 2.30. The fraction of sp³-hybridized carbons (Fsp3) is 0.333. The third-order valence-electron chi connectivity index (χ3n) is 4.34. The maximum atomic E-state index is 5.48. The van der Waals surface area contributed by atoms with E-state index in [-0.39, 0.29) is 0 Å². The first kappa shape index (κ1) is 14.2. The molecule has 0 amide bonds. The number of hydrogen-bond acceptors (Lipinski definition) is 4. The fourth-order valence-electron chi connectivity index (χ4n) is 3.19. The smallest absolute Gasteiger partial charge is 0.151 e. The molecule has 1 aliphatic rings. The first-order chi connectivity index (χ1) is 11.2. The molecule has 0 radical (unpaired) electrons. The van der Waals surface area contributed by atoms with Crippen LogP contribution in [0.1, 0.15) is 23.2 Å². The minimum atomic E-state index is 0.472. The Morgan fingerprint density at radius 2 is 1.91 bits per heavy atom. The molecule has 3 heterocycles. The molecule has 5 heteroatoms. The molecule has 1 saturated heterocycles. The SMILES string of the molecule is Cc1cc(C)n(C2CN(Cc3cc(-c4ccccc4)no3)C2)n1. The van der Waals surface area contributed by atoms with E-state index >= 15 is 0 Å². The summed E-state index contributed by atoms with van der Waals surface area (Å²) in [6.45, 7) is 6.97. The van der Waals surface area contributed by atoms with Gasteiger partial charge in [0.2, 0.25) is 0 Å². The summed E-state index contributed by atoms with van der Waals surface area (Å²) in [5, 5.41) is 8.75. The summed E-state index contributed by atoms with van der Waals surface area (Å²) in [4.78, 5) is 2.36. The van der Waals surface area contributed by atoms with Gasteiger partial charge >= 0.3 is 0 Å². The van der Waals surface area contributed by atoms with Gasteiger partial charge in [-0.05, 0) is 19.9 Å². The maximum absolute atomic E-state index is 5.48. The van der Waals surface area contributed by atoms with Gasteiger partial charge in [0, 0.05) is 30.4 Å². The van der Waals surface area contributed by atoms with Gasteiger partial charge in [-0.25, -0.2) is 0 Å². The van der Waals surface area contributed by atoms with Crippen LogP contribution in [-0.2, 0) is 6.54 Å². The minimum absolute atomic E-state index is 0.472. The molecule has 118 valence electrons. The predicted molar refractivity (Wildman–Crippen MR) is 88.0 cm³/mol. The van der Waals surface area contributed by atoms with Crippen LogP contribution in [0.2, 0.25) is 0 Å². The van der Waals surface area contributed by atoms with Gasteiger partial charge < -0.3 is 4.52 Å². The van der Waals surface area contributed by atoms with Gasteiger partial charge in [-0.3, -0.25) is 9.58 Å². The summed E-state index contributed by atoms with van der Waals surface area (Å²) < 4.78 is 7.62. The van der Waals surface area contributed by atoms with Gasteiger partial charge in [-0.15, -0.1) is 0 Å². The van der Waals surface area contributed by atoms with Crippen molar-refractivity contribution < 1.29 is 4.52 Å². The largest absolute Gasteiger partial charge is 0.359 e. The average molecular weight is 308 g/mol. The van der Waals surface area contributed by atoms with Crippen molar-refractivity contribution >= 4 is 0 Å². The number of aromatic nitrogens is 3. The lowest BCUT2D eigenvalue weighted by Gasteiger charge is -2.39. The second kappa shape index (κ2) is 5.66. The Labute approximate surface area is 135 Å². The normalized spacial score (nSPS) is 15.7. The van der Waals surface area contributed by atoms with Crippen molar-refractivity contribution in [2.75, 3.05) is 13.1 Å². The molecule has 23 heavy (non-hydrogen) atoms. The molecule has 0 bridgehead atoms. The standard InChI is InChI=1S/C18H20N4O/c1-13-8-14(2)22(19-13)16-10-21(11-16)12-17-9-18(20-23-17)15-6-4-3-5-7-15/h3-9,16H,10-12H2,1-2H3. The first-order valence-corrected chi connectivity index (χ1v) is 7.95. The third-order valence-corrected chi connectivity index (χ3v) is 4.34. The molecule has 4 rings (SSSR count). The molecular formula is C18H20N4O. The predicted octanol–water partition coefficient (Wildman–Crippen LogP) is 3.21. The molecule has 0 atom stereocenters. The lowest BCUT2D eigenvalue weighted by atomic mass is 10.1. The Morgan fingerprint density at radius 1 is 1.13 bits per heavy atom. The van der Waals surface area contributed by atoms with E-state index in [2.05, 4.69) is 32.8 Å². The van der Waals surface area contributed by atoms with Crippen LogP contribution in [0.25, 0.3) is 11.3 Å². The molecule has 1 aromatic carbocycles. The summed E-state index contributed by atoms with van der Waals surface area (Å²) in [6.07, 6.45) is 0. The number of aryl methyl sites for hydroxylation is 2. The molecule has 5 nitrogen and oxygen atoms in total. The summed E-state index contributed by atoms with van der Waals surface area (Å²) >= 11 is 0. The van der Waals surface area contributed by atoms with Crippen LogP contribution >= 0.6 is 0 Å². The molecule has 0 aliphatic carbocycles. The summed E-state index contributed by atoms with van der Waals surface area (Å²) in [5.74, 6) is 0.913. The third kappa shape index (κ3) is 2.80. The monoisotopic (exact) mass is 308 g/mol. The van der Waals surface area contributed by atoms with Gasteiger partial charge in [0.1, 0.15) is 5.69 Å². The molecule has 0 unspecified atom stereocenters. The molecule has 0 spiro atoms. The Hall–Kier alpha value is -2.40. The Bertz CT molecular complexity index is 800. The van der Waals surface area contributed by atoms with Gasteiger partial charge in [-0.1, -0.05) is 35.5 Å². The van der Waals surface area contributed by atoms with Crippen molar-refractivity contribution in [1.29, 1.82) is 0 Å². The number of likely N-dealkylation sites (tertiary alicyclic amines) is 1. The van der Waals surface area contributed by atoms with E-state index in [1.807, 2.05) is 43.3 Å². The van der Waals surface area contributed by atoms with E-state index in [1.54, 1.807) is 0 Å². The molecular weight excluding hydrogens is 288 g/mol. The van der Waals surface area contributed by atoms with E-state index in [0.717, 1.165) is 42.3 Å². The van der Waals surface area contributed by atoms with Crippen LogP contribution in [0.4, 0.5) is 0 Å². The minimum Gasteiger partial charge on any atom is -0.359 e. The quantitative estimate of drug-likeness (QED) is 0.742. The van der Waals surface area contributed by atoms with Gasteiger partial charge in [0.25, 0.3) is 0 Å². The van der Waals surface area contributed by atoms with Crippen LogP contribution < -0.4 is 0 Å². The van der Waals surface area contributed by atoms with Crippen molar-refractivity contribution in [3.05, 3.63) is 59.6 Å². The topological polar surface area (TPSA) is 47.1 Å². The van der Waals surface area contributed by atoms with Crippen molar-refractivity contribution in [2.45, 2.75) is 26.4 Å². The van der Waals surface area contributed by atoms with Crippen molar-refractivity contribution in [3.63, 3.8) is 0 Å². The Balaban J connectivity index is 1.38. The number of nitrogens with zero attached hydrogens (tertiary/aromatic N) is 4. The van der Waals surface area contributed by atoms with Crippen molar-refractivity contribution in [1.82, 2.24) is 19.8 Å². The lowest BCUT2D eigenvalue weighted by Crippen LogP contribution is -2.47. The molecule has 2 aromatic heterocycles. The van der Waals surface area contributed by atoms with E-state index in [4.69, 9.17) is 4.52 Å². The van der Waals surface area contributed by atoms with E-state index < -0.39 is 0 Å². The molecule has 3 aromatic rings. The van der Waals surface area contributed by atoms with Gasteiger partial charge in [0.05, 0.1) is 18.3 Å². The second-order valence-electron chi connectivity index (χ2n) is 6.26. The second-order valence-corrected chi connectivity index (χ2v) is 6.26. The zero-order valence-electron chi connectivity index (χ0n) is 13.4. The fourth-order valence-corrected chi connectivity index (χ4v) is 3.19. The van der Waals surface area contributed by atoms with Crippen LogP contribution in [0.15, 0.2) is 47.0 Å². The molecule has 0 saturated carbocycles.